The molecule has 2 aromatic carbocycles. The topological polar surface area (TPSA) is 47.3 Å². The highest BCUT2D eigenvalue weighted by atomic mass is 16.5. The van der Waals surface area contributed by atoms with Crippen LogP contribution in [0.15, 0.2) is 42.5 Å². The van der Waals surface area contributed by atoms with E-state index in [0.717, 1.165) is 16.9 Å². The quantitative estimate of drug-likeness (QED) is 0.653. The van der Waals surface area contributed by atoms with Crippen molar-refractivity contribution in [1.29, 1.82) is 0 Å². The van der Waals surface area contributed by atoms with Crippen molar-refractivity contribution in [2.24, 2.45) is 5.84 Å². The van der Waals surface area contributed by atoms with Crippen LogP contribution in [0.2, 0.25) is 0 Å². The second kappa shape index (κ2) is 5.87. The molecule has 19 heavy (non-hydrogen) atoms. The summed E-state index contributed by atoms with van der Waals surface area (Å²) in [5, 5.41) is 0. The van der Waals surface area contributed by atoms with Gasteiger partial charge >= 0.3 is 0 Å². The number of benzene rings is 2. The summed E-state index contributed by atoms with van der Waals surface area (Å²) in [4.78, 5) is 0. The molecule has 0 saturated heterocycles. The fraction of sp³-hybridized carbons (Fsp3) is 0.250. The first-order chi connectivity index (χ1) is 9.17. The van der Waals surface area contributed by atoms with E-state index in [1.54, 1.807) is 7.11 Å². The smallest absolute Gasteiger partial charge is 0.124 e. The molecular weight excluding hydrogens is 236 g/mol. The zero-order valence-electron chi connectivity index (χ0n) is 11.6. The number of nitrogens with two attached hydrogens (primary N) is 1. The van der Waals surface area contributed by atoms with E-state index in [9.17, 15) is 0 Å². The van der Waals surface area contributed by atoms with Crippen LogP contribution < -0.4 is 16.0 Å². The van der Waals surface area contributed by atoms with Gasteiger partial charge in [-0.05, 0) is 31.0 Å². The van der Waals surface area contributed by atoms with E-state index in [2.05, 4.69) is 37.5 Å². The van der Waals surface area contributed by atoms with E-state index in [4.69, 9.17) is 10.6 Å². The van der Waals surface area contributed by atoms with E-state index in [1.807, 2.05) is 24.3 Å². The normalized spacial score (nSPS) is 12.2. The molecule has 0 saturated carbocycles. The van der Waals surface area contributed by atoms with E-state index in [0.29, 0.717) is 0 Å². The third-order valence-corrected chi connectivity index (χ3v) is 3.35. The van der Waals surface area contributed by atoms with Gasteiger partial charge in [-0.3, -0.25) is 5.84 Å². The van der Waals surface area contributed by atoms with E-state index in [1.165, 1.54) is 11.1 Å². The maximum absolute atomic E-state index is 5.76. The predicted octanol–water partition coefficient (Wildman–Crippen LogP) is 2.86. The fourth-order valence-electron chi connectivity index (χ4n) is 2.40. The van der Waals surface area contributed by atoms with Crippen LogP contribution >= 0.6 is 0 Å². The molecule has 1 unspecified atom stereocenters. The Kier molecular flexibility index (Phi) is 4.20. The van der Waals surface area contributed by atoms with Crippen molar-refractivity contribution in [2.45, 2.75) is 19.9 Å². The molecule has 0 radical (unpaired) electrons. The number of hydrazine groups is 1. The molecule has 0 bridgehead atoms. The Morgan fingerprint density at radius 1 is 1.05 bits per heavy atom. The third-order valence-electron chi connectivity index (χ3n) is 3.35. The number of hydrogen-bond donors (Lipinski definition) is 2. The van der Waals surface area contributed by atoms with Crippen molar-refractivity contribution >= 4 is 0 Å². The maximum atomic E-state index is 5.76. The minimum atomic E-state index is -0.0725. The van der Waals surface area contributed by atoms with Crippen LogP contribution in [0.25, 0.3) is 0 Å². The number of nitrogens with one attached hydrogen (secondary N) is 1. The molecule has 0 aromatic heterocycles. The fourth-order valence-corrected chi connectivity index (χ4v) is 2.40. The Labute approximate surface area is 114 Å². The molecule has 0 amide bonds. The SMILES string of the molecule is COc1ccccc1C(NN)c1ccc(C)cc1C. The average Bonchev–Trinajstić information content (AvgIpc) is 2.42. The Morgan fingerprint density at radius 3 is 2.42 bits per heavy atom. The molecule has 3 nitrogen and oxygen atoms in total. The molecule has 0 heterocycles. The lowest BCUT2D eigenvalue weighted by atomic mass is 9.94. The summed E-state index contributed by atoms with van der Waals surface area (Å²) < 4.78 is 5.42. The van der Waals surface area contributed by atoms with Gasteiger partial charge in [-0.25, -0.2) is 5.43 Å². The maximum Gasteiger partial charge on any atom is 0.124 e. The molecule has 100 valence electrons. The van der Waals surface area contributed by atoms with Gasteiger partial charge in [0.15, 0.2) is 0 Å². The van der Waals surface area contributed by atoms with Crippen molar-refractivity contribution in [3.63, 3.8) is 0 Å². The molecule has 1 atom stereocenters. The second-order valence-corrected chi connectivity index (χ2v) is 4.70. The summed E-state index contributed by atoms with van der Waals surface area (Å²) in [7, 11) is 1.68. The summed E-state index contributed by atoms with van der Waals surface area (Å²) >= 11 is 0. The van der Waals surface area contributed by atoms with Gasteiger partial charge in [0.05, 0.1) is 13.2 Å². The van der Waals surface area contributed by atoms with Gasteiger partial charge in [0.25, 0.3) is 0 Å². The van der Waals surface area contributed by atoms with Crippen molar-refractivity contribution in [2.75, 3.05) is 7.11 Å². The molecule has 0 aliphatic heterocycles. The largest absolute Gasteiger partial charge is 0.496 e. The molecule has 3 heteroatoms. The van der Waals surface area contributed by atoms with Crippen LogP contribution in [-0.2, 0) is 0 Å². The zero-order valence-corrected chi connectivity index (χ0v) is 11.6. The Hall–Kier alpha value is -1.84. The van der Waals surface area contributed by atoms with Gasteiger partial charge in [-0.2, -0.15) is 0 Å². The van der Waals surface area contributed by atoms with Gasteiger partial charge in [0.1, 0.15) is 5.75 Å². The average molecular weight is 256 g/mol. The number of rotatable bonds is 4. The zero-order chi connectivity index (χ0) is 13.8. The summed E-state index contributed by atoms with van der Waals surface area (Å²) in [6.07, 6.45) is 0. The molecular formula is C16H20N2O. The molecule has 0 aliphatic carbocycles. The van der Waals surface area contributed by atoms with Crippen LogP contribution in [-0.4, -0.2) is 7.11 Å². The monoisotopic (exact) mass is 256 g/mol. The Bertz CT molecular complexity index is 566. The highest BCUT2D eigenvalue weighted by Crippen LogP contribution is 2.31. The van der Waals surface area contributed by atoms with Crippen LogP contribution in [0, 0.1) is 13.8 Å². The summed E-state index contributed by atoms with van der Waals surface area (Å²) in [5.41, 5.74) is 7.56. The number of hydrogen-bond acceptors (Lipinski definition) is 3. The summed E-state index contributed by atoms with van der Waals surface area (Å²) in [6.45, 7) is 4.19. The van der Waals surface area contributed by atoms with E-state index in [-0.39, 0.29) is 6.04 Å². The lowest BCUT2D eigenvalue weighted by Crippen LogP contribution is -2.29. The first-order valence-electron chi connectivity index (χ1n) is 6.33. The minimum Gasteiger partial charge on any atom is -0.496 e. The van der Waals surface area contributed by atoms with Gasteiger partial charge in [0.2, 0.25) is 0 Å². The van der Waals surface area contributed by atoms with Gasteiger partial charge in [0, 0.05) is 5.56 Å². The van der Waals surface area contributed by atoms with E-state index >= 15 is 0 Å². The first-order valence-corrected chi connectivity index (χ1v) is 6.33. The van der Waals surface area contributed by atoms with Crippen molar-refractivity contribution in [3.05, 3.63) is 64.7 Å². The summed E-state index contributed by atoms with van der Waals surface area (Å²) in [5.74, 6) is 6.60. The predicted molar refractivity (Wildman–Crippen MR) is 78.1 cm³/mol. The Balaban J connectivity index is 2.50. The number of aryl methyl sites for hydroxylation is 2. The molecule has 2 rings (SSSR count). The van der Waals surface area contributed by atoms with Gasteiger partial charge in [-0.15, -0.1) is 0 Å². The molecule has 0 fully saturated rings. The number of para-hydroxylation sites is 1. The van der Waals surface area contributed by atoms with Crippen LogP contribution in [0.3, 0.4) is 0 Å². The van der Waals surface area contributed by atoms with Crippen LogP contribution in [0.5, 0.6) is 5.75 Å². The molecule has 0 aliphatic rings. The lowest BCUT2D eigenvalue weighted by Gasteiger charge is -2.21. The molecule has 2 aromatic rings. The first kappa shape index (κ1) is 13.6. The van der Waals surface area contributed by atoms with Crippen molar-refractivity contribution < 1.29 is 4.74 Å². The molecule has 3 N–H and O–H groups in total. The Morgan fingerprint density at radius 2 is 1.79 bits per heavy atom. The number of methoxy groups -OCH3 is 1. The minimum absolute atomic E-state index is 0.0725. The second-order valence-electron chi connectivity index (χ2n) is 4.70. The highest BCUT2D eigenvalue weighted by molar-refractivity contribution is 5.44. The van der Waals surface area contributed by atoms with Gasteiger partial charge in [-0.1, -0.05) is 42.0 Å². The van der Waals surface area contributed by atoms with Crippen LogP contribution in [0.4, 0.5) is 0 Å². The highest BCUT2D eigenvalue weighted by Gasteiger charge is 2.18. The van der Waals surface area contributed by atoms with Crippen molar-refractivity contribution in [3.8, 4) is 5.75 Å². The third kappa shape index (κ3) is 2.78. The lowest BCUT2D eigenvalue weighted by molar-refractivity contribution is 0.404. The van der Waals surface area contributed by atoms with E-state index < -0.39 is 0 Å². The van der Waals surface area contributed by atoms with Crippen molar-refractivity contribution in [1.82, 2.24) is 5.43 Å². The van der Waals surface area contributed by atoms with Crippen LogP contribution in [0.1, 0.15) is 28.3 Å². The van der Waals surface area contributed by atoms with Gasteiger partial charge < -0.3 is 4.74 Å². The summed E-state index contributed by atoms with van der Waals surface area (Å²) in [6, 6.07) is 14.2. The standard InChI is InChI=1S/C16H20N2O/c1-11-8-9-13(12(2)10-11)16(18-17)14-6-4-5-7-15(14)19-3/h4-10,16,18H,17H2,1-3H3. The molecule has 0 spiro atoms. The number of ether oxygens (including phenoxy) is 1.